The summed E-state index contributed by atoms with van der Waals surface area (Å²) in [5.41, 5.74) is -0.107. The van der Waals surface area contributed by atoms with Crippen molar-refractivity contribution in [3.63, 3.8) is 0 Å². The molecule has 0 bridgehead atoms. The summed E-state index contributed by atoms with van der Waals surface area (Å²) in [6.45, 7) is 0.609. The highest BCUT2D eigenvalue weighted by Crippen LogP contribution is 2.34. The second-order valence-corrected chi connectivity index (χ2v) is 6.49. The lowest BCUT2D eigenvalue weighted by atomic mass is 9.80. The molecule has 0 saturated heterocycles. The molecule has 1 fully saturated rings. The number of thiophene rings is 1. The second-order valence-electron chi connectivity index (χ2n) is 4.03. The van der Waals surface area contributed by atoms with Crippen LogP contribution in [0.4, 0.5) is 0 Å². The Balaban J connectivity index is 1.88. The third-order valence-corrected chi connectivity index (χ3v) is 4.69. The Kier molecular flexibility index (Phi) is 3.66. The van der Waals surface area contributed by atoms with E-state index in [2.05, 4.69) is 21.2 Å². The van der Waals surface area contributed by atoms with Crippen LogP contribution in [0.15, 0.2) is 15.9 Å². The summed E-state index contributed by atoms with van der Waals surface area (Å²) in [6, 6.07) is 3.71. The molecule has 2 rings (SSSR count). The Bertz CT molecular complexity index is 382. The minimum Gasteiger partial charge on any atom is -0.376 e. The van der Waals surface area contributed by atoms with Crippen molar-refractivity contribution >= 4 is 33.2 Å². The molecule has 1 aliphatic carbocycles. The van der Waals surface area contributed by atoms with Gasteiger partial charge < -0.3 is 10.1 Å². The number of carbonyl (C=O) groups excluding carboxylic acids is 1. The molecule has 1 heterocycles. The van der Waals surface area contributed by atoms with Crippen LogP contribution in [0.3, 0.4) is 0 Å². The number of nitrogens with one attached hydrogen (secondary N) is 1. The van der Waals surface area contributed by atoms with E-state index in [4.69, 9.17) is 4.74 Å². The molecular weight excluding hydrogens is 290 g/mol. The number of hydrogen-bond acceptors (Lipinski definition) is 3. The molecular formula is C11H14BrNO2S. The van der Waals surface area contributed by atoms with Crippen LogP contribution >= 0.6 is 27.3 Å². The van der Waals surface area contributed by atoms with Gasteiger partial charge in [-0.05, 0) is 47.3 Å². The lowest BCUT2D eigenvalue weighted by molar-refractivity contribution is -0.0679. The molecule has 0 radical (unpaired) electrons. The number of rotatable bonds is 4. The van der Waals surface area contributed by atoms with E-state index < -0.39 is 0 Å². The monoisotopic (exact) mass is 303 g/mol. The van der Waals surface area contributed by atoms with Gasteiger partial charge in [-0.1, -0.05) is 0 Å². The van der Waals surface area contributed by atoms with Crippen LogP contribution in [0, 0.1) is 0 Å². The highest BCUT2D eigenvalue weighted by Gasteiger charge is 2.37. The normalized spacial score (nSPS) is 17.9. The number of carbonyl (C=O) groups is 1. The molecule has 5 heteroatoms. The zero-order valence-electron chi connectivity index (χ0n) is 9.09. The summed E-state index contributed by atoms with van der Waals surface area (Å²) in [5, 5.41) is 2.93. The standard InChI is InChI=1S/C11H14BrNO2S/c1-15-11(5-2-6-11)7-13-10(14)8-3-4-9(12)16-8/h3-4H,2,5-7H2,1H3,(H,13,14). The first kappa shape index (κ1) is 12.1. The van der Waals surface area contributed by atoms with Crippen molar-refractivity contribution in [1.29, 1.82) is 0 Å². The van der Waals surface area contributed by atoms with Crippen molar-refractivity contribution in [2.24, 2.45) is 0 Å². The van der Waals surface area contributed by atoms with Crippen molar-refractivity contribution < 1.29 is 9.53 Å². The van der Waals surface area contributed by atoms with Crippen molar-refractivity contribution in [3.8, 4) is 0 Å². The Labute approximate surface area is 107 Å². The van der Waals surface area contributed by atoms with Gasteiger partial charge in [0.25, 0.3) is 5.91 Å². The second kappa shape index (κ2) is 4.85. The van der Waals surface area contributed by atoms with Gasteiger partial charge in [-0.25, -0.2) is 0 Å². The van der Waals surface area contributed by atoms with Crippen molar-refractivity contribution in [3.05, 3.63) is 20.8 Å². The Morgan fingerprint density at radius 1 is 1.62 bits per heavy atom. The molecule has 1 saturated carbocycles. The smallest absolute Gasteiger partial charge is 0.261 e. The first-order valence-electron chi connectivity index (χ1n) is 5.24. The largest absolute Gasteiger partial charge is 0.376 e. The van der Waals surface area contributed by atoms with Crippen LogP contribution in [0.2, 0.25) is 0 Å². The molecule has 1 aromatic rings. The molecule has 1 aliphatic rings. The fourth-order valence-electron chi connectivity index (χ4n) is 1.79. The lowest BCUT2D eigenvalue weighted by Crippen LogP contribution is -2.49. The van der Waals surface area contributed by atoms with Crippen LogP contribution in [-0.2, 0) is 4.74 Å². The van der Waals surface area contributed by atoms with Gasteiger partial charge in [0.1, 0.15) is 0 Å². The van der Waals surface area contributed by atoms with Gasteiger partial charge in [-0.2, -0.15) is 0 Å². The molecule has 1 amide bonds. The lowest BCUT2D eigenvalue weighted by Gasteiger charge is -2.40. The topological polar surface area (TPSA) is 38.3 Å². The van der Waals surface area contributed by atoms with Crippen molar-refractivity contribution in [1.82, 2.24) is 5.32 Å². The highest BCUT2D eigenvalue weighted by atomic mass is 79.9. The number of methoxy groups -OCH3 is 1. The van der Waals surface area contributed by atoms with Crippen LogP contribution in [0.1, 0.15) is 28.9 Å². The highest BCUT2D eigenvalue weighted by molar-refractivity contribution is 9.11. The van der Waals surface area contributed by atoms with E-state index in [1.54, 1.807) is 7.11 Å². The summed E-state index contributed by atoms with van der Waals surface area (Å²) < 4.78 is 6.42. The molecule has 0 atom stereocenters. The predicted octanol–water partition coefficient (Wildman–Crippen LogP) is 2.81. The minimum atomic E-state index is -0.107. The fourth-order valence-corrected chi connectivity index (χ4v) is 3.09. The molecule has 3 nitrogen and oxygen atoms in total. The minimum absolute atomic E-state index is 0.0148. The number of amides is 1. The molecule has 1 aromatic heterocycles. The summed E-state index contributed by atoms with van der Waals surface area (Å²) in [5.74, 6) is -0.0148. The van der Waals surface area contributed by atoms with E-state index in [0.29, 0.717) is 6.54 Å². The van der Waals surface area contributed by atoms with E-state index in [-0.39, 0.29) is 11.5 Å². The van der Waals surface area contributed by atoms with Gasteiger partial charge in [0.05, 0.1) is 14.3 Å². The third kappa shape index (κ3) is 2.47. The van der Waals surface area contributed by atoms with Crippen molar-refractivity contribution in [2.45, 2.75) is 24.9 Å². The maximum Gasteiger partial charge on any atom is 0.261 e. The zero-order chi connectivity index (χ0) is 11.6. The molecule has 0 aromatic carbocycles. The van der Waals surface area contributed by atoms with Gasteiger partial charge in [0.15, 0.2) is 0 Å². The Hall–Kier alpha value is -0.390. The fraction of sp³-hybridized carbons (Fsp3) is 0.545. The molecule has 16 heavy (non-hydrogen) atoms. The van der Waals surface area contributed by atoms with Gasteiger partial charge >= 0.3 is 0 Å². The van der Waals surface area contributed by atoms with E-state index in [0.717, 1.165) is 21.5 Å². The Morgan fingerprint density at radius 3 is 2.81 bits per heavy atom. The molecule has 1 N–H and O–H groups in total. The number of hydrogen-bond donors (Lipinski definition) is 1. The number of halogens is 1. The first-order chi connectivity index (χ1) is 7.65. The Morgan fingerprint density at radius 2 is 2.38 bits per heavy atom. The summed E-state index contributed by atoms with van der Waals surface area (Å²) >= 11 is 4.79. The molecule has 88 valence electrons. The quantitative estimate of drug-likeness (QED) is 0.929. The van der Waals surface area contributed by atoms with E-state index in [1.165, 1.54) is 17.8 Å². The molecule has 0 spiro atoms. The maximum absolute atomic E-state index is 11.8. The number of ether oxygens (including phenoxy) is 1. The summed E-state index contributed by atoms with van der Waals surface area (Å²) in [4.78, 5) is 12.5. The van der Waals surface area contributed by atoms with Crippen LogP contribution < -0.4 is 5.32 Å². The van der Waals surface area contributed by atoms with E-state index in [1.807, 2.05) is 12.1 Å². The van der Waals surface area contributed by atoms with Gasteiger partial charge in [-0.3, -0.25) is 4.79 Å². The third-order valence-electron chi connectivity index (χ3n) is 3.07. The predicted molar refractivity (Wildman–Crippen MR) is 67.9 cm³/mol. The molecule has 0 aliphatic heterocycles. The van der Waals surface area contributed by atoms with Gasteiger partial charge in [0.2, 0.25) is 0 Å². The van der Waals surface area contributed by atoms with Crippen LogP contribution in [-0.4, -0.2) is 25.2 Å². The van der Waals surface area contributed by atoms with E-state index >= 15 is 0 Å². The molecule has 0 unspecified atom stereocenters. The van der Waals surface area contributed by atoms with E-state index in [9.17, 15) is 4.79 Å². The summed E-state index contributed by atoms with van der Waals surface area (Å²) in [6.07, 6.45) is 3.27. The maximum atomic E-state index is 11.8. The summed E-state index contributed by atoms with van der Waals surface area (Å²) in [7, 11) is 1.72. The average Bonchev–Trinajstić information content (AvgIpc) is 2.64. The van der Waals surface area contributed by atoms with Crippen LogP contribution in [0.25, 0.3) is 0 Å². The van der Waals surface area contributed by atoms with Crippen molar-refractivity contribution in [2.75, 3.05) is 13.7 Å². The first-order valence-corrected chi connectivity index (χ1v) is 6.85. The zero-order valence-corrected chi connectivity index (χ0v) is 11.5. The SMILES string of the molecule is COC1(CNC(=O)c2ccc(Br)s2)CCC1. The van der Waals surface area contributed by atoms with Gasteiger partial charge in [-0.15, -0.1) is 11.3 Å². The van der Waals surface area contributed by atoms with Crippen LogP contribution in [0.5, 0.6) is 0 Å². The average molecular weight is 304 g/mol. The van der Waals surface area contributed by atoms with Gasteiger partial charge in [0, 0.05) is 13.7 Å².